The fraction of sp³-hybridized carbons (Fsp3) is 0.375. The second kappa shape index (κ2) is 5.75. The van der Waals surface area contributed by atoms with E-state index in [4.69, 9.17) is 0 Å². The predicted octanol–water partition coefficient (Wildman–Crippen LogP) is 3.77. The van der Waals surface area contributed by atoms with Gasteiger partial charge in [-0.15, -0.1) is 0 Å². The second-order valence-electron chi connectivity index (χ2n) is 5.19. The van der Waals surface area contributed by atoms with Crippen molar-refractivity contribution in [2.45, 2.75) is 33.4 Å². The average Bonchev–Trinajstić information content (AvgIpc) is 2.63. The summed E-state index contributed by atoms with van der Waals surface area (Å²) >= 11 is 0. The zero-order valence-electron chi connectivity index (χ0n) is 12.3. The lowest BCUT2D eigenvalue weighted by atomic mass is 10.1. The minimum absolute atomic E-state index is 0.0952. The number of aryl methyl sites for hydroxylation is 1. The highest BCUT2D eigenvalue weighted by atomic mass is 19.1. The van der Waals surface area contributed by atoms with Crippen LogP contribution in [0.2, 0.25) is 0 Å². The van der Waals surface area contributed by atoms with Crippen LogP contribution in [0.15, 0.2) is 24.3 Å². The van der Waals surface area contributed by atoms with Crippen LogP contribution in [0.3, 0.4) is 0 Å². The molecule has 0 bridgehead atoms. The van der Waals surface area contributed by atoms with Gasteiger partial charge in [0.25, 0.3) is 0 Å². The van der Waals surface area contributed by atoms with Crippen molar-refractivity contribution in [1.29, 1.82) is 0 Å². The molecule has 0 aliphatic heterocycles. The molecule has 2 rings (SSSR count). The molecule has 1 aromatic carbocycles. The molecule has 1 aromatic heterocycles. The largest absolute Gasteiger partial charge is 0.352 e. The molecule has 1 heterocycles. The van der Waals surface area contributed by atoms with Crippen LogP contribution in [0, 0.1) is 25.5 Å². The smallest absolute Gasteiger partial charge is 0.130 e. The molecular weight excluding hydrogens is 258 g/mol. The van der Waals surface area contributed by atoms with Crippen LogP contribution in [0.25, 0.3) is 0 Å². The zero-order chi connectivity index (χ0) is 14.9. The van der Waals surface area contributed by atoms with Gasteiger partial charge < -0.3 is 9.88 Å². The molecular formula is C16H20F2N2. The van der Waals surface area contributed by atoms with Crippen molar-refractivity contribution in [3.05, 3.63) is 58.4 Å². The summed E-state index contributed by atoms with van der Waals surface area (Å²) in [5.74, 6) is -1.02. The van der Waals surface area contributed by atoms with E-state index in [1.807, 2.05) is 20.9 Å². The fourth-order valence-electron chi connectivity index (χ4n) is 2.40. The van der Waals surface area contributed by atoms with E-state index < -0.39 is 11.6 Å². The van der Waals surface area contributed by atoms with E-state index in [1.54, 1.807) is 6.92 Å². The maximum atomic E-state index is 13.7. The van der Waals surface area contributed by atoms with Crippen molar-refractivity contribution >= 4 is 0 Å². The monoisotopic (exact) mass is 278 g/mol. The normalized spacial score (nSPS) is 12.7. The van der Waals surface area contributed by atoms with Gasteiger partial charge in [-0.1, -0.05) is 6.07 Å². The van der Waals surface area contributed by atoms with Crippen LogP contribution in [0.4, 0.5) is 8.78 Å². The Morgan fingerprint density at radius 2 is 1.80 bits per heavy atom. The molecule has 0 aliphatic carbocycles. The van der Waals surface area contributed by atoms with Crippen LogP contribution in [0.1, 0.15) is 35.5 Å². The van der Waals surface area contributed by atoms with Crippen LogP contribution in [-0.4, -0.2) is 4.57 Å². The van der Waals surface area contributed by atoms with Gasteiger partial charge in [-0.2, -0.15) is 0 Å². The minimum Gasteiger partial charge on any atom is -0.352 e. The zero-order valence-corrected chi connectivity index (χ0v) is 12.3. The van der Waals surface area contributed by atoms with E-state index in [1.165, 1.54) is 23.9 Å². The standard InChI is InChI=1S/C16H20F2N2/c1-10-8-13(12(3)20(10)4)9-19-11(2)16-14(17)6-5-7-15(16)18/h5-8,11,19H,9H2,1-4H3. The number of aromatic nitrogens is 1. The summed E-state index contributed by atoms with van der Waals surface area (Å²) in [6, 6.07) is 5.66. The van der Waals surface area contributed by atoms with E-state index in [2.05, 4.69) is 16.0 Å². The molecule has 4 heteroatoms. The van der Waals surface area contributed by atoms with Crippen molar-refractivity contribution in [3.63, 3.8) is 0 Å². The lowest BCUT2D eigenvalue weighted by Crippen LogP contribution is -2.20. The first-order valence-electron chi connectivity index (χ1n) is 6.71. The number of benzene rings is 1. The average molecular weight is 278 g/mol. The molecule has 0 fully saturated rings. The van der Waals surface area contributed by atoms with Gasteiger partial charge >= 0.3 is 0 Å². The van der Waals surface area contributed by atoms with Crippen molar-refractivity contribution in [3.8, 4) is 0 Å². The highest BCUT2D eigenvalue weighted by molar-refractivity contribution is 5.27. The number of halogens is 2. The van der Waals surface area contributed by atoms with Crippen molar-refractivity contribution in [1.82, 2.24) is 9.88 Å². The van der Waals surface area contributed by atoms with E-state index in [0.29, 0.717) is 6.54 Å². The topological polar surface area (TPSA) is 17.0 Å². The van der Waals surface area contributed by atoms with Crippen LogP contribution >= 0.6 is 0 Å². The molecule has 1 unspecified atom stereocenters. The third-order valence-electron chi connectivity index (χ3n) is 3.91. The Balaban J connectivity index is 2.13. The first kappa shape index (κ1) is 14.7. The molecule has 0 spiro atoms. The van der Waals surface area contributed by atoms with Gasteiger partial charge in [-0.05, 0) is 44.5 Å². The van der Waals surface area contributed by atoms with Gasteiger partial charge in [-0.3, -0.25) is 0 Å². The summed E-state index contributed by atoms with van der Waals surface area (Å²) in [5.41, 5.74) is 3.58. The molecule has 1 atom stereocenters. The van der Waals surface area contributed by atoms with E-state index >= 15 is 0 Å². The molecule has 0 saturated carbocycles. The lowest BCUT2D eigenvalue weighted by Gasteiger charge is -2.16. The molecule has 0 aliphatic rings. The van der Waals surface area contributed by atoms with E-state index in [-0.39, 0.29) is 11.6 Å². The molecule has 2 aromatic rings. The summed E-state index contributed by atoms with van der Waals surface area (Å²) in [6.07, 6.45) is 0. The Labute approximate surface area is 118 Å². The van der Waals surface area contributed by atoms with Crippen molar-refractivity contribution in [2.75, 3.05) is 0 Å². The Bertz CT molecular complexity index is 597. The summed E-state index contributed by atoms with van der Waals surface area (Å²) in [6.45, 7) is 6.43. The van der Waals surface area contributed by atoms with E-state index in [9.17, 15) is 8.78 Å². The molecule has 1 N–H and O–H groups in total. The Kier molecular flexibility index (Phi) is 4.23. The summed E-state index contributed by atoms with van der Waals surface area (Å²) in [5, 5.41) is 3.18. The third-order valence-corrected chi connectivity index (χ3v) is 3.91. The maximum Gasteiger partial charge on any atom is 0.130 e. The number of nitrogens with one attached hydrogen (secondary N) is 1. The molecule has 2 nitrogen and oxygen atoms in total. The molecule has 0 amide bonds. The second-order valence-corrected chi connectivity index (χ2v) is 5.19. The lowest BCUT2D eigenvalue weighted by molar-refractivity contribution is 0.487. The summed E-state index contributed by atoms with van der Waals surface area (Å²) in [4.78, 5) is 0. The predicted molar refractivity (Wildman–Crippen MR) is 76.5 cm³/mol. The Morgan fingerprint density at radius 3 is 2.30 bits per heavy atom. The number of hydrogen-bond donors (Lipinski definition) is 1. The minimum atomic E-state index is -0.508. The SMILES string of the molecule is Cc1cc(CNC(C)c2c(F)cccc2F)c(C)n1C. The summed E-state index contributed by atoms with van der Waals surface area (Å²) < 4.78 is 29.5. The number of nitrogens with zero attached hydrogens (tertiary/aromatic N) is 1. The third kappa shape index (κ3) is 2.75. The molecule has 20 heavy (non-hydrogen) atoms. The van der Waals surface area contributed by atoms with Crippen LogP contribution in [-0.2, 0) is 13.6 Å². The molecule has 108 valence electrons. The van der Waals surface area contributed by atoms with Crippen molar-refractivity contribution < 1.29 is 8.78 Å². The fourth-order valence-corrected chi connectivity index (χ4v) is 2.40. The van der Waals surface area contributed by atoms with Crippen LogP contribution in [0.5, 0.6) is 0 Å². The highest BCUT2D eigenvalue weighted by Crippen LogP contribution is 2.21. The van der Waals surface area contributed by atoms with Gasteiger partial charge in [0.1, 0.15) is 11.6 Å². The van der Waals surface area contributed by atoms with Gasteiger partial charge in [0.05, 0.1) is 0 Å². The first-order valence-corrected chi connectivity index (χ1v) is 6.71. The Morgan fingerprint density at radius 1 is 1.20 bits per heavy atom. The summed E-state index contributed by atoms with van der Waals surface area (Å²) in [7, 11) is 2.01. The van der Waals surface area contributed by atoms with Gasteiger partial charge in [0.2, 0.25) is 0 Å². The molecule has 0 radical (unpaired) electrons. The first-order chi connectivity index (χ1) is 9.41. The molecule has 0 saturated heterocycles. The van der Waals surface area contributed by atoms with Gasteiger partial charge in [-0.25, -0.2) is 8.78 Å². The maximum absolute atomic E-state index is 13.7. The van der Waals surface area contributed by atoms with Gasteiger partial charge in [0.15, 0.2) is 0 Å². The quantitative estimate of drug-likeness (QED) is 0.900. The van der Waals surface area contributed by atoms with Crippen LogP contribution < -0.4 is 5.32 Å². The van der Waals surface area contributed by atoms with Crippen molar-refractivity contribution in [2.24, 2.45) is 7.05 Å². The Hall–Kier alpha value is -1.68. The number of rotatable bonds is 4. The highest BCUT2D eigenvalue weighted by Gasteiger charge is 2.16. The van der Waals surface area contributed by atoms with E-state index in [0.717, 1.165) is 11.3 Å². The number of hydrogen-bond acceptors (Lipinski definition) is 1. The van der Waals surface area contributed by atoms with Gasteiger partial charge in [0, 0.05) is 36.6 Å².